The zero-order chi connectivity index (χ0) is 12.3. The topological polar surface area (TPSA) is 60.0 Å². The smallest absolute Gasteiger partial charge is 0.230 e. The summed E-state index contributed by atoms with van der Waals surface area (Å²) in [6, 6.07) is 2.00. The summed E-state index contributed by atoms with van der Waals surface area (Å²) in [5.74, 6) is 1.35. The molecule has 2 rings (SSSR count). The minimum absolute atomic E-state index is 0.651. The maximum absolute atomic E-state index is 5.47. The Kier molecular flexibility index (Phi) is 3.53. The molecule has 0 aromatic carbocycles. The fraction of sp³-hybridized carbons (Fsp3) is 0.545. The molecule has 6 heteroatoms. The standard InChI is InChI=1S/C11H17N5O/c1-4-10-13-14-11(17-10)8-15(2)7-9-5-6-12-16(9)3/h5-6H,4,7-8H2,1-3H3. The number of rotatable bonds is 5. The van der Waals surface area contributed by atoms with Crippen LogP contribution in [0.15, 0.2) is 16.7 Å². The summed E-state index contributed by atoms with van der Waals surface area (Å²) in [4.78, 5) is 2.12. The summed E-state index contributed by atoms with van der Waals surface area (Å²) in [7, 11) is 3.95. The van der Waals surface area contributed by atoms with Crippen molar-refractivity contribution in [3.63, 3.8) is 0 Å². The lowest BCUT2D eigenvalue weighted by Crippen LogP contribution is -2.19. The first-order valence-corrected chi connectivity index (χ1v) is 5.65. The minimum Gasteiger partial charge on any atom is -0.424 e. The molecule has 2 aromatic rings. The SMILES string of the molecule is CCc1nnc(CN(C)Cc2ccnn2C)o1. The van der Waals surface area contributed by atoms with Gasteiger partial charge in [0.25, 0.3) is 0 Å². The van der Waals surface area contributed by atoms with Crippen molar-refractivity contribution in [3.8, 4) is 0 Å². The van der Waals surface area contributed by atoms with Crippen LogP contribution in [0.4, 0.5) is 0 Å². The molecule has 6 nitrogen and oxygen atoms in total. The number of hydrogen-bond acceptors (Lipinski definition) is 5. The van der Waals surface area contributed by atoms with E-state index < -0.39 is 0 Å². The molecule has 0 saturated heterocycles. The molecule has 0 aliphatic heterocycles. The van der Waals surface area contributed by atoms with Gasteiger partial charge in [-0.25, -0.2) is 0 Å². The van der Waals surface area contributed by atoms with Crippen molar-refractivity contribution in [1.29, 1.82) is 0 Å². The molecule has 0 unspecified atom stereocenters. The summed E-state index contributed by atoms with van der Waals surface area (Å²) in [6.07, 6.45) is 2.57. The van der Waals surface area contributed by atoms with Crippen LogP contribution in [0.2, 0.25) is 0 Å². The van der Waals surface area contributed by atoms with Crippen molar-refractivity contribution in [3.05, 3.63) is 29.7 Å². The van der Waals surface area contributed by atoms with Crippen molar-refractivity contribution in [2.75, 3.05) is 7.05 Å². The van der Waals surface area contributed by atoms with E-state index in [0.29, 0.717) is 18.3 Å². The van der Waals surface area contributed by atoms with Gasteiger partial charge < -0.3 is 4.42 Å². The molecule has 0 radical (unpaired) electrons. The third-order valence-corrected chi connectivity index (χ3v) is 2.57. The van der Waals surface area contributed by atoms with Crippen LogP contribution in [0.5, 0.6) is 0 Å². The highest BCUT2D eigenvalue weighted by Gasteiger charge is 2.09. The van der Waals surface area contributed by atoms with Crippen molar-refractivity contribution in [1.82, 2.24) is 24.9 Å². The molecule has 0 saturated carbocycles. The second-order valence-electron chi connectivity index (χ2n) is 4.06. The molecule has 92 valence electrons. The summed E-state index contributed by atoms with van der Waals surface area (Å²) < 4.78 is 7.33. The van der Waals surface area contributed by atoms with Crippen LogP contribution in [0.3, 0.4) is 0 Å². The maximum Gasteiger partial charge on any atom is 0.230 e. The van der Waals surface area contributed by atoms with E-state index in [-0.39, 0.29) is 0 Å². The molecule has 0 fully saturated rings. The minimum atomic E-state index is 0.651. The molecule has 17 heavy (non-hydrogen) atoms. The Morgan fingerprint density at radius 1 is 1.29 bits per heavy atom. The number of aryl methyl sites for hydroxylation is 2. The summed E-state index contributed by atoms with van der Waals surface area (Å²) in [5.41, 5.74) is 1.16. The molecule has 2 heterocycles. The lowest BCUT2D eigenvalue weighted by molar-refractivity contribution is 0.271. The van der Waals surface area contributed by atoms with Gasteiger partial charge in [0.1, 0.15) is 0 Å². The second kappa shape index (κ2) is 5.09. The molecule has 0 aliphatic carbocycles. The lowest BCUT2D eigenvalue weighted by Gasteiger charge is -2.13. The maximum atomic E-state index is 5.47. The van der Waals surface area contributed by atoms with Gasteiger partial charge in [0, 0.05) is 26.2 Å². The van der Waals surface area contributed by atoms with Gasteiger partial charge >= 0.3 is 0 Å². The van der Waals surface area contributed by atoms with E-state index in [1.165, 1.54) is 0 Å². The zero-order valence-electron chi connectivity index (χ0n) is 10.4. The van der Waals surface area contributed by atoms with Gasteiger partial charge in [0.15, 0.2) is 0 Å². The summed E-state index contributed by atoms with van der Waals surface area (Å²) in [6.45, 7) is 3.45. The van der Waals surface area contributed by atoms with Gasteiger partial charge in [0.05, 0.1) is 12.2 Å². The Morgan fingerprint density at radius 2 is 2.06 bits per heavy atom. The third-order valence-electron chi connectivity index (χ3n) is 2.57. The van der Waals surface area contributed by atoms with Crippen LogP contribution >= 0.6 is 0 Å². The molecule has 0 spiro atoms. The van der Waals surface area contributed by atoms with E-state index in [4.69, 9.17) is 4.42 Å². The highest BCUT2D eigenvalue weighted by molar-refractivity contribution is 4.99. The van der Waals surface area contributed by atoms with Gasteiger partial charge in [0.2, 0.25) is 11.8 Å². The molecule has 0 atom stereocenters. The monoisotopic (exact) mass is 235 g/mol. The van der Waals surface area contributed by atoms with Crippen molar-refractivity contribution >= 4 is 0 Å². The summed E-state index contributed by atoms with van der Waals surface area (Å²) in [5, 5.41) is 12.1. The average molecular weight is 235 g/mol. The molecule has 0 aliphatic rings. The van der Waals surface area contributed by atoms with Crippen molar-refractivity contribution in [2.24, 2.45) is 7.05 Å². The van der Waals surface area contributed by atoms with Crippen molar-refractivity contribution < 1.29 is 4.42 Å². The quantitative estimate of drug-likeness (QED) is 0.773. The molecule has 0 amide bonds. The first-order chi connectivity index (χ1) is 8.19. The van der Waals surface area contributed by atoms with E-state index in [9.17, 15) is 0 Å². The molecule has 2 aromatic heterocycles. The Morgan fingerprint density at radius 3 is 2.65 bits per heavy atom. The third kappa shape index (κ3) is 2.91. The van der Waals surface area contributed by atoms with Crippen LogP contribution < -0.4 is 0 Å². The van der Waals surface area contributed by atoms with Gasteiger partial charge in [-0.15, -0.1) is 10.2 Å². The highest BCUT2D eigenvalue weighted by Crippen LogP contribution is 2.07. The van der Waals surface area contributed by atoms with Crippen LogP contribution in [0.25, 0.3) is 0 Å². The summed E-state index contributed by atoms with van der Waals surface area (Å²) >= 11 is 0. The average Bonchev–Trinajstić information content (AvgIpc) is 2.89. The Labute approximate surface area is 100 Å². The second-order valence-corrected chi connectivity index (χ2v) is 4.06. The fourth-order valence-corrected chi connectivity index (χ4v) is 1.61. The normalized spacial score (nSPS) is 11.3. The van der Waals surface area contributed by atoms with Crippen molar-refractivity contribution in [2.45, 2.75) is 26.4 Å². The molecular formula is C11H17N5O. The van der Waals surface area contributed by atoms with E-state index >= 15 is 0 Å². The fourth-order valence-electron chi connectivity index (χ4n) is 1.61. The van der Waals surface area contributed by atoms with Crippen LogP contribution in [-0.4, -0.2) is 31.9 Å². The zero-order valence-corrected chi connectivity index (χ0v) is 10.4. The van der Waals surface area contributed by atoms with E-state index in [0.717, 1.165) is 18.7 Å². The predicted octanol–water partition coefficient (Wildman–Crippen LogP) is 0.997. The van der Waals surface area contributed by atoms with Gasteiger partial charge in [-0.05, 0) is 13.1 Å². The van der Waals surface area contributed by atoms with Crippen LogP contribution in [0.1, 0.15) is 24.4 Å². The largest absolute Gasteiger partial charge is 0.424 e. The van der Waals surface area contributed by atoms with E-state index in [2.05, 4.69) is 20.2 Å². The highest BCUT2D eigenvalue weighted by atomic mass is 16.4. The number of nitrogens with zero attached hydrogens (tertiary/aromatic N) is 5. The number of aromatic nitrogens is 4. The van der Waals surface area contributed by atoms with E-state index in [1.807, 2.05) is 31.8 Å². The van der Waals surface area contributed by atoms with Gasteiger partial charge in [-0.1, -0.05) is 6.92 Å². The van der Waals surface area contributed by atoms with Crippen LogP contribution in [0, 0.1) is 0 Å². The van der Waals surface area contributed by atoms with Gasteiger partial charge in [-0.3, -0.25) is 9.58 Å². The predicted molar refractivity (Wildman–Crippen MR) is 62.1 cm³/mol. The first-order valence-electron chi connectivity index (χ1n) is 5.65. The molecule has 0 bridgehead atoms. The number of hydrogen-bond donors (Lipinski definition) is 0. The van der Waals surface area contributed by atoms with Gasteiger partial charge in [-0.2, -0.15) is 5.10 Å². The lowest BCUT2D eigenvalue weighted by atomic mass is 10.4. The molecular weight excluding hydrogens is 218 g/mol. The Hall–Kier alpha value is -1.69. The van der Waals surface area contributed by atoms with E-state index in [1.54, 1.807) is 6.20 Å². The Bertz CT molecular complexity index is 476. The molecule has 0 N–H and O–H groups in total. The first kappa shape index (κ1) is 11.8. The van der Waals surface area contributed by atoms with Crippen LogP contribution in [-0.2, 0) is 26.6 Å². The Balaban J connectivity index is 1.93.